The second-order valence-electron chi connectivity index (χ2n) is 5.92. The van der Waals surface area contributed by atoms with Crippen molar-refractivity contribution in [1.29, 1.82) is 0 Å². The van der Waals surface area contributed by atoms with E-state index in [0.717, 1.165) is 0 Å². The van der Waals surface area contributed by atoms with Crippen molar-refractivity contribution in [3.05, 3.63) is 0 Å². The molecule has 1 saturated heterocycles. The molecule has 3 N–H and O–H groups in total. The molecule has 2 atom stereocenters. The molecule has 0 aromatic rings. The van der Waals surface area contributed by atoms with Gasteiger partial charge >= 0.3 is 6.18 Å². The average molecular weight is 297 g/mol. The predicted molar refractivity (Wildman–Crippen MR) is 68.2 cm³/mol. The van der Waals surface area contributed by atoms with Crippen molar-refractivity contribution in [3.63, 3.8) is 0 Å². The lowest BCUT2D eigenvalue weighted by atomic mass is 9.85. The van der Waals surface area contributed by atoms with Crippen LogP contribution >= 0.6 is 0 Å². The summed E-state index contributed by atoms with van der Waals surface area (Å²) in [5.74, 6) is -1.07. The minimum Gasteiger partial charge on any atom is -0.387 e. The lowest BCUT2D eigenvalue weighted by Gasteiger charge is -2.32. The van der Waals surface area contributed by atoms with Crippen LogP contribution in [0.3, 0.4) is 0 Å². The Bertz CT molecular complexity index is 350. The topological polar surface area (TPSA) is 64.6 Å². The van der Waals surface area contributed by atoms with Crippen LogP contribution in [0.2, 0.25) is 0 Å². The second kappa shape index (κ2) is 5.87. The summed E-state index contributed by atoms with van der Waals surface area (Å²) in [4.78, 5) is 13.6. The predicted octanol–water partition coefficient (Wildman–Crippen LogP) is -0.0428. The van der Waals surface area contributed by atoms with Gasteiger partial charge in [-0.25, -0.2) is 0 Å². The fraction of sp³-hybridized carbons (Fsp3) is 0.917. The van der Waals surface area contributed by atoms with Crippen LogP contribution in [-0.4, -0.2) is 68.0 Å². The molecule has 0 aromatic heterocycles. The first-order valence-electron chi connectivity index (χ1n) is 6.43. The molecule has 20 heavy (non-hydrogen) atoms. The van der Waals surface area contributed by atoms with Gasteiger partial charge in [-0.2, -0.15) is 13.2 Å². The van der Waals surface area contributed by atoms with Gasteiger partial charge in [-0.3, -0.25) is 4.79 Å². The second-order valence-corrected chi connectivity index (χ2v) is 5.92. The zero-order valence-corrected chi connectivity index (χ0v) is 12.0. The van der Waals surface area contributed by atoms with Gasteiger partial charge < -0.3 is 20.6 Å². The number of carbonyl (C=O) groups excluding carboxylic acids is 1. The first-order chi connectivity index (χ1) is 9.00. The van der Waals surface area contributed by atoms with Crippen molar-refractivity contribution >= 4 is 5.91 Å². The van der Waals surface area contributed by atoms with Gasteiger partial charge in [-0.1, -0.05) is 0 Å². The van der Waals surface area contributed by atoms with Crippen LogP contribution in [0.1, 0.15) is 13.3 Å². The van der Waals surface area contributed by atoms with Gasteiger partial charge in [0.2, 0.25) is 5.91 Å². The van der Waals surface area contributed by atoms with Crippen molar-refractivity contribution in [2.45, 2.75) is 25.1 Å². The molecule has 1 amide bonds. The molecule has 1 rings (SSSR count). The number of amides is 1. The van der Waals surface area contributed by atoms with E-state index in [0.29, 0.717) is 0 Å². The lowest BCUT2D eigenvalue weighted by Crippen LogP contribution is -2.56. The number of aliphatic hydroxyl groups is 1. The number of alkyl halides is 3. The SMILES string of the molecule is CN(C)CC(C)(O)CNC(=O)C1(C(F)(F)F)CCNC1. The van der Waals surface area contributed by atoms with Crippen molar-refractivity contribution in [1.82, 2.24) is 15.5 Å². The van der Waals surface area contributed by atoms with Gasteiger partial charge in [0.1, 0.15) is 0 Å². The fourth-order valence-electron chi connectivity index (χ4n) is 2.43. The normalized spacial score (nSPS) is 26.6. The van der Waals surface area contributed by atoms with E-state index >= 15 is 0 Å². The summed E-state index contributed by atoms with van der Waals surface area (Å²) >= 11 is 0. The molecule has 8 heteroatoms. The standard InChI is InChI=1S/C12H22F3N3O2/c1-10(20,8-18(2)3)6-17-9(19)11(12(13,14)15)4-5-16-7-11/h16,20H,4-8H2,1-3H3,(H,17,19). The minimum absolute atomic E-state index is 0.154. The summed E-state index contributed by atoms with van der Waals surface area (Å²) in [5, 5.41) is 14.8. The van der Waals surface area contributed by atoms with Gasteiger partial charge in [0.05, 0.1) is 5.60 Å². The maximum absolute atomic E-state index is 13.1. The van der Waals surface area contributed by atoms with Crippen molar-refractivity contribution in [2.24, 2.45) is 5.41 Å². The van der Waals surface area contributed by atoms with Gasteiger partial charge in [0.15, 0.2) is 5.41 Å². The molecular formula is C12H22F3N3O2. The van der Waals surface area contributed by atoms with E-state index < -0.39 is 29.6 Å². The molecule has 5 nitrogen and oxygen atoms in total. The zero-order valence-electron chi connectivity index (χ0n) is 12.0. The average Bonchev–Trinajstić information content (AvgIpc) is 2.73. The maximum atomic E-state index is 13.1. The van der Waals surface area contributed by atoms with E-state index in [2.05, 4.69) is 10.6 Å². The maximum Gasteiger partial charge on any atom is 0.404 e. The molecule has 1 aliphatic rings. The Labute approximate surface area is 116 Å². The summed E-state index contributed by atoms with van der Waals surface area (Å²) in [5.41, 5.74) is -3.67. The van der Waals surface area contributed by atoms with E-state index in [-0.39, 0.29) is 26.1 Å². The van der Waals surface area contributed by atoms with Crippen molar-refractivity contribution in [3.8, 4) is 0 Å². The molecule has 1 fully saturated rings. The molecule has 1 aliphatic heterocycles. The molecule has 0 radical (unpaired) electrons. The summed E-state index contributed by atoms with van der Waals surface area (Å²) < 4.78 is 39.4. The van der Waals surface area contributed by atoms with Crippen molar-refractivity contribution < 1.29 is 23.1 Å². The molecule has 0 bridgehead atoms. The summed E-state index contributed by atoms with van der Waals surface area (Å²) in [6, 6.07) is 0. The number of likely N-dealkylation sites (N-methyl/N-ethyl adjacent to an activating group) is 1. The Morgan fingerprint density at radius 3 is 2.45 bits per heavy atom. The van der Waals surface area contributed by atoms with E-state index in [1.807, 2.05) is 0 Å². The molecule has 0 saturated carbocycles. The number of halogens is 3. The third-order valence-corrected chi connectivity index (χ3v) is 3.42. The summed E-state index contributed by atoms with van der Waals surface area (Å²) in [6.45, 7) is 1.23. The summed E-state index contributed by atoms with van der Waals surface area (Å²) in [7, 11) is 3.46. The Morgan fingerprint density at radius 2 is 2.05 bits per heavy atom. The molecule has 0 spiro atoms. The number of hydrogen-bond donors (Lipinski definition) is 3. The lowest BCUT2D eigenvalue weighted by molar-refractivity contribution is -0.216. The Balaban J connectivity index is 2.70. The summed E-state index contributed by atoms with van der Waals surface area (Å²) in [6.07, 6.45) is -4.88. The number of nitrogens with one attached hydrogen (secondary N) is 2. The first kappa shape index (κ1) is 17.2. The van der Waals surface area contributed by atoms with E-state index in [4.69, 9.17) is 0 Å². The molecular weight excluding hydrogens is 275 g/mol. The Kier molecular flexibility index (Phi) is 5.04. The minimum atomic E-state index is -4.60. The molecule has 0 aliphatic carbocycles. The smallest absolute Gasteiger partial charge is 0.387 e. The van der Waals surface area contributed by atoms with Crippen LogP contribution < -0.4 is 10.6 Å². The van der Waals surface area contributed by atoms with Crippen LogP contribution in [0.25, 0.3) is 0 Å². The fourth-order valence-corrected chi connectivity index (χ4v) is 2.43. The van der Waals surface area contributed by atoms with Crippen LogP contribution in [0.5, 0.6) is 0 Å². The highest BCUT2D eigenvalue weighted by Crippen LogP contribution is 2.43. The first-order valence-corrected chi connectivity index (χ1v) is 6.43. The van der Waals surface area contributed by atoms with E-state index in [1.54, 1.807) is 19.0 Å². The van der Waals surface area contributed by atoms with Crippen LogP contribution in [0, 0.1) is 5.41 Å². The van der Waals surface area contributed by atoms with Gasteiger partial charge in [-0.15, -0.1) is 0 Å². The van der Waals surface area contributed by atoms with Crippen molar-refractivity contribution in [2.75, 3.05) is 40.3 Å². The monoisotopic (exact) mass is 297 g/mol. The highest BCUT2D eigenvalue weighted by Gasteiger charge is 2.61. The third kappa shape index (κ3) is 3.83. The molecule has 0 aromatic carbocycles. The Hall–Kier alpha value is -0.860. The van der Waals surface area contributed by atoms with E-state index in [9.17, 15) is 23.1 Å². The molecule has 2 unspecified atom stereocenters. The zero-order chi connectivity index (χ0) is 15.6. The van der Waals surface area contributed by atoms with Gasteiger partial charge in [0, 0.05) is 19.6 Å². The third-order valence-electron chi connectivity index (χ3n) is 3.42. The molecule has 118 valence electrons. The quantitative estimate of drug-likeness (QED) is 0.666. The number of carbonyl (C=O) groups is 1. The Morgan fingerprint density at radius 1 is 1.45 bits per heavy atom. The number of rotatable bonds is 5. The highest BCUT2D eigenvalue weighted by atomic mass is 19.4. The number of nitrogens with zero attached hydrogens (tertiary/aromatic N) is 1. The largest absolute Gasteiger partial charge is 0.404 e. The van der Waals surface area contributed by atoms with E-state index in [1.165, 1.54) is 6.92 Å². The van der Waals surface area contributed by atoms with Gasteiger partial charge in [0.25, 0.3) is 0 Å². The van der Waals surface area contributed by atoms with Crippen LogP contribution in [-0.2, 0) is 4.79 Å². The van der Waals surface area contributed by atoms with Crippen LogP contribution in [0.15, 0.2) is 0 Å². The number of hydrogen-bond acceptors (Lipinski definition) is 4. The molecule has 1 heterocycles. The highest BCUT2D eigenvalue weighted by molar-refractivity contribution is 5.84. The van der Waals surface area contributed by atoms with Gasteiger partial charge in [-0.05, 0) is 34.0 Å². The van der Waals surface area contributed by atoms with Crippen LogP contribution in [0.4, 0.5) is 13.2 Å².